The molecule has 1 fully saturated rings. The normalized spacial score (nSPS) is 19.9. The monoisotopic (exact) mass is 390 g/mol. The molecule has 4 rings (SSSR count). The van der Waals surface area contributed by atoms with Crippen LogP contribution in [-0.2, 0) is 16.4 Å². The minimum absolute atomic E-state index is 0.0500. The summed E-state index contributed by atoms with van der Waals surface area (Å²) in [6, 6.07) is 7.62. The van der Waals surface area contributed by atoms with E-state index in [0.29, 0.717) is 24.6 Å². The zero-order chi connectivity index (χ0) is 19.0. The molecular formula is C18H22N4O4S. The van der Waals surface area contributed by atoms with Crippen LogP contribution in [0, 0.1) is 6.92 Å². The van der Waals surface area contributed by atoms with Gasteiger partial charge in [-0.3, -0.25) is 0 Å². The van der Waals surface area contributed by atoms with Crippen LogP contribution in [0.4, 0.5) is 11.6 Å². The van der Waals surface area contributed by atoms with E-state index in [2.05, 4.69) is 15.3 Å². The summed E-state index contributed by atoms with van der Waals surface area (Å²) in [5, 5.41) is 3.30. The van der Waals surface area contributed by atoms with Crippen molar-refractivity contribution in [2.24, 2.45) is 0 Å². The third-order valence-corrected chi connectivity index (χ3v) is 6.60. The van der Waals surface area contributed by atoms with Crippen molar-refractivity contribution in [3.63, 3.8) is 0 Å². The largest absolute Gasteiger partial charge is 0.454 e. The molecule has 0 aliphatic carbocycles. The molecule has 2 aromatic rings. The molecule has 0 spiro atoms. The molecule has 1 aromatic heterocycles. The van der Waals surface area contributed by atoms with Crippen LogP contribution in [0.2, 0.25) is 0 Å². The molecule has 2 aliphatic heterocycles. The molecule has 0 saturated carbocycles. The Bertz CT molecular complexity index is 964. The first-order chi connectivity index (χ1) is 12.9. The summed E-state index contributed by atoms with van der Waals surface area (Å²) in [7, 11) is -1.06. The van der Waals surface area contributed by atoms with Crippen molar-refractivity contribution in [3.8, 4) is 11.5 Å². The minimum atomic E-state index is -2.94. The number of anilines is 2. The van der Waals surface area contributed by atoms with E-state index in [1.54, 1.807) is 0 Å². The van der Waals surface area contributed by atoms with Crippen LogP contribution in [-0.4, -0.2) is 49.8 Å². The van der Waals surface area contributed by atoms with Gasteiger partial charge in [-0.05, 0) is 31.0 Å². The van der Waals surface area contributed by atoms with E-state index >= 15 is 0 Å². The number of aromatic nitrogens is 2. The Kier molecular flexibility index (Phi) is 4.55. The van der Waals surface area contributed by atoms with E-state index in [9.17, 15) is 8.42 Å². The summed E-state index contributed by atoms with van der Waals surface area (Å²) in [5.41, 5.74) is 1.05. The fraction of sp³-hybridized carbons (Fsp3) is 0.444. The molecule has 0 amide bonds. The fourth-order valence-electron chi connectivity index (χ4n) is 3.33. The number of rotatable bonds is 5. The first kappa shape index (κ1) is 17.8. The van der Waals surface area contributed by atoms with Crippen molar-refractivity contribution in [2.75, 3.05) is 35.6 Å². The van der Waals surface area contributed by atoms with Crippen LogP contribution in [0.5, 0.6) is 11.5 Å². The van der Waals surface area contributed by atoms with Crippen LogP contribution >= 0.6 is 0 Å². The quantitative estimate of drug-likeness (QED) is 0.825. The lowest BCUT2D eigenvalue weighted by molar-refractivity contribution is 0.174. The molecule has 1 atom stereocenters. The van der Waals surface area contributed by atoms with Gasteiger partial charge in [0.2, 0.25) is 6.79 Å². The van der Waals surface area contributed by atoms with Gasteiger partial charge in [0.15, 0.2) is 21.3 Å². The Hall–Kier alpha value is -2.55. The van der Waals surface area contributed by atoms with Crippen LogP contribution < -0.4 is 19.7 Å². The molecule has 9 heteroatoms. The number of fused-ring (bicyclic) bond motifs is 1. The molecule has 3 heterocycles. The van der Waals surface area contributed by atoms with Gasteiger partial charge in [0.25, 0.3) is 0 Å². The van der Waals surface area contributed by atoms with Crippen molar-refractivity contribution in [1.29, 1.82) is 0 Å². The Morgan fingerprint density at radius 1 is 1.22 bits per heavy atom. The maximum Gasteiger partial charge on any atom is 0.231 e. The summed E-state index contributed by atoms with van der Waals surface area (Å²) in [6.45, 7) is 2.66. The lowest BCUT2D eigenvalue weighted by Crippen LogP contribution is -2.33. The third-order valence-electron chi connectivity index (χ3n) is 4.85. The van der Waals surface area contributed by atoms with E-state index in [-0.39, 0.29) is 24.3 Å². The second-order valence-corrected chi connectivity index (χ2v) is 9.10. The van der Waals surface area contributed by atoms with Gasteiger partial charge in [0, 0.05) is 25.7 Å². The van der Waals surface area contributed by atoms with E-state index in [1.165, 1.54) is 0 Å². The number of hydrogen-bond donors (Lipinski definition) is 1. The number of benzene rings is 1. The molecule has 1 saturated heterocycles. The first-order valence-corrected chi connectivity index (χ1v) is 10.6. The summed E-state index contributed by atoms with van der Waals surface area (Å²) < 4.78 is 34.2. The lowest BCUT2D eigenvalue weighted by Gasteiger charge is -2.25. The lowest BCUT2D eigenvalue weighted by atomic mass is 10.2. The SMILES string of the molecule is Cc1nc(NCc2ccc3c(c2)OCO3)cc(N(C)C2CCS(=O)(=O)C2)n1. The topological polar surface area (TPSA) is 93.7 Å². The van der Waals surface area contributed by atoms with Crippen molar-refractivity contribution < 1.29 is 17.9 Å². The highest BCUT2D eigenvalue weighted by Gasteiger charge is 2.31. The van der Waals surface area contributed by atoms with Gasteiger partial charge in [-0.1, -0.05) is 6.07 Å². The Morgan fingerprint density at radius 2 is 2.04 bits per heavy atom. The first-order valence-electron chi connectivity index (χ1n) is 8.81. The van der Waals surface area contributed by atoms with Gasteiger partial charge in [-0.2, -0.15) is 0 Å². The standard InChI is InChI=1S/C18H22N4O4S/c1-12-20-17(19-9-13-3-4-15-16(7-13)26-11-25-15)8-18(21-12)22(2)14-5-6-27(23,24)10-14/h3-4,7-8,14H,5-6,9-11H2,1-2H3,(H,19,20,21). The summed E-state index contributed by atoms with van der Waals surface area (Å²) in [6.07, 6.45) is 0.627. The van der Waals surface area contributed by atoms with Crippen LogP contribution in [0.3, 0.4) is 0 Å². The predicted octanol–water partition coefficient (Wildman–Crippen LogP) is 1.75. The van der Waals surface area contributed by atoms with Gasteiger partial charge in [0.05, 0.1) is 11.5 Å². The molecule has 1 unspecified atom stereocenters. The predicted molar refractivity (Wildman–Crippen MR) is 102 cm³/mol. The molecule has 0 bridgehead atoms. The molecule has 27 heavy (non-hydrogen) atoms. The second kappa shape index (κ2) is 6.88. The molecule has 0 radical (unpaired) electrons. The van der Waals surface area contributed by atoms with Gasteiger partial charge in [-0.15, -0.1) is 0 Å². The Labute approximate surface area is 158 Å². The molecule has 8 nitrogen and oxygen atoms in total. The van der Waals surface area contributed by atoms with Crippen molar-refractivity contribution in [2.45, 2.75) is 25.9 Å². The number of sulfone groups is 1. The average Bonchev–Trinajstić information content (AvgIpc) is 3.24. The summed E-state index contributed by atoms with van der Waals surface area (Å²) in [4.78, 5) is 10.8. The summed E-state index contributed by atoms with van der Waals surface area (Å²) >= 11 is 0. The highest BCUT2D eigenvalue weighted by molar-refractivity contribution is 7.91. The second-order valence-electron chi connectivity index (χ2n) is 6.87. The van der Waals surface area contributed by atoms with E-state index in [4.69, 9.17) is 9.47 Å². The van der Waals surface area contributed by atoms with Gasteiger partial charge < -0.3 is 19.7 Å². The van der Waals surface area contributed by atoms with Gasteiger partial charge in [0.1, 0.15) is 17.5 Å². The van der Waals surface area contributed by atoms with E-state index < -0.39 is 9.84 Å². The van der Waals surface area contributed by atoms with E-state index in [0.717, 1.165) is 22.9 Å². The summed E-state index contributed by atoms with van der Waals surface area (Å²) in [5.74, 6) is 3.96. The van der Waals surface area contributed by atoms with Crippen LogP contribution in [0.1, 0.15) is 17.8 Å². The number of hydrogen-bond acceptors (Lipinski definition) is 8. The van der Waals surface area contributed by atoms with Crippen molar-refractivity contribution in [1.82, 2.24) is 9.97 Å². The van der Waals surface area contributed by atoms with Gasteiger partial charge in [-0.25, -0.2) is 18.4 Å². The molecular weight excluding hydrogens is 368 g/mol. The fourth-order valence-corrected chi connectivity index (χ4v) is 5.11. The highest BCUT2D eigenvalue weighted by atomic mass is 32.2. The zero-order valence-electron chi connectivity index (χ0n) is 15.3. The average molecular weight is 390 g/mol. The van der Waals surface area contributed by atoms with Crippen LogP contribution in [0.25, 0.3) is 0 Å². The molecule has 2 aliphatic rings. The highest BCUT2D eigenvalue weighted by Crippen LogP contribution is 2.32. The van der Waals surface area contributed by atoms with Crippen LogP contribution in [0.15, 0.2) is 24.3 Å². The zero-order valence-corrected chi connectivity index (χ0v) is 16.1. The number of nitrogens with zero attached hydrogens (tertiary/aromatic N) is 3. The molecule has 1 aromatic carbocycles. The maximum absolute atomic E-state index is 11.8. The number of ether oxygens (including phenoxy) is 2. The third kappa shape index (κ3) is 3.92. The minimum Gasteiger partial charge on any atom is -0.454 e. The van der Waals surface area contributed by atoms with Crippen molar-refractivity contribution in [3.05, 3.63) is 35.7 Å². The smallest absolute Gasteiger partial charge is 0.231 e. The maximum atomic E-state index is 11.8. The van der Waals surface area contributed by atoms with Gasteiger partial charge >= 0.3 is 0 Å². The number of aryl methyl sites for hydroxylation is 1. The number of nitrogens with one attached hydrogen (secondary N) is 1. The Morgan fingerprint density at radius 3 is 2.81 bits per heavy atom. The van der Waals surface area contributed by atoms with E-state index in [1.807, 2.05) is 43.1 Å². The van der Waals surface area contributed by atoms with Crippen molar-refractivity contribution >= 4 is 21.5 Å². The molecule has 1 N–H and O–H groups in total. The Balaban J connectivity index is 1.47. The molecule has 144 valence electrons.